The Morgan fingerprint density at radius 1 is 1.17 bits per heavy atom. The summed E-state index contributed by atoms with van der Waals surface area (Å²) in [5.41, 5.74) is 1.30. The first-order valence-corrected chi connectivity index (χ1v) is 8.30. The van der Waals surface area contributed by atoms with Gasteiger partial charge in [0.1, 0.15) is 5.75 Å². The van der Waals surface area contributed by atoms with Crippen LogP contribution in [0.5, 0.6) is 5.75 Å². The van der Waals surface area contributed by atoms with Gasteiger partial charge in [-0.2, -0.15) is 0 Å². The number of carbonyl (C=O) groups is 1. The standard InChI is InChI=1S/C18H23ClN2O2/c1-4-8-21(9-5-2)18(22)14-12-15(19)16(13-17(14)23-3)20-10-6-7-11-20/h6-7,10-13H,4-5,8-9H2,1-3H3. The molecule has 1 amide bonds. The summed E-state index contributed by atoms with van der Waals surface area (Å²) in [5.74, 6) is 0.506. The van der Waals surface area contributed by atoms with Gasteiger partial charge in [0.2, 0.25) is 0 Å². The van der Waals surface area contributed by atoms with Crippen molar-refractivity contribution in [3.05, 3.63) is 47.2 Å². The van der Waals surface area contributed by atoms with Gasteiger partial charge in [0.05, 0.1) is 23.4 Å². The monoisotopic (exact) mass is 334 g/mol. The van der Waals surface area contributed by atoms with Crippen LogP contribution in [-0.4, -0.2) is 35.6 Å². The van der Waals surface area contributed by atoms with Gasteiger partial charge in [-0.25, -0.2) is 0 Å². The van der Waals surface area contributed by atoms with Crippen molar-refractivity contribution in [2.24, 2.45) is 0 Å². The third kappa shape index (κ3) is 3.88. The summed E-state index contributed by atoms with van der Waals surface area (Å²) in [5, 5.41) is 0.526. The number of carbonyl (C=O) groups excluding carboxylic acids is 1. The van der Waals surface area contributed by atoms with E-state index in [1.807, 2.05) is 40.1 Å². The molecule has 0 radical (unpaired) electrons. The molecule has 0 saturated carbocycles. The number of methoxy groups -OCH3 is 1. The molecule has 1 aromatic heterocycles. The molecular weight excluding hydrogens is 312 g/mol. The van der Waals surface area contributed by atoms with Gasteiger partial charge in [-0.1, -0.05) is 25.4 Å². The number of ether oxygens (including phenoxy) is 1. The number of amides is 1. The van der Waals surface area contributed by atoms with Crippen molar-refractivity contribution in [3.63, 3.8) is 0 Å². The van der Waals surface area contributed by atoms with E-state index in [0.29, 0.717) is 16.3 Å². The highest BCUT2D eigenvalue weighted by Crippen LogP contribution is 2.31. The third-order valence-corrected chi connectivity index (χ3v) is 3.96. The largest absolute Gasteiger partial charge is 0.496 e. The molecule has 4 nitrogen and oxygen atoms in total. The lowest BCUT2D eigenvalue weighted by Gasteiger charge is -2.23. The zero-order valence-electron chi connectivity index (χ0n) is 13.9. The van der Waals surface area contributed by atoms with E-state index in [-0.39, 0.29) is 5.91 Å². The van der Waals surface area contributed by atoms with Crippen LogP contribution in [0.15, 0.2) is 36.7 Å². The van der Waals surface area contributed by atoms with E-state index in [1.165, 1.54) is 0 Å². The van der Waals surface area contributed by atoms with Crippen molar-refractivity contribution >= 4 is 17.5 Å². The van der Waals surface area contributed by atoms with Crippen LogP contribution in [0.4, 0.5) is 0 Å². The molecule has 2 aromatic rings. The van der Waals surface area contributed by atoms with E-state index in [2.05, 4.69) is 13.8 Å². The Morgan fingerprint density at radius 2 is 1.78 bits per heavy atom. The molecule has 0 aliphatic carbocycles. The number of nitrogens with zero attached hydrogens (tertiary/aromatic N) is 2. The molecule has 0 saturated heterocycles. The van der Waals surface area contributed by atoms with Crippen LogP contribution >= 0.6 is 11.6 Å². The maximum atomic E-state index is 12.8. The molecule has 0 bridgehead atoms. The zero-order chi connectivity index (χ0) is 16.8. The predicted octanol–water partition coefficient (Wildman–Crippen LogP) is 4.40. The maximum absolute atomic E-state index is 12.8. The highest BCUT2D eigenvalue weighted by molar-refractivity contribution is 6.33. The fourth-order valence-corrected chi connectivity index (χ4v) is 2.86. The maximum Gasteiger partial charge on any atom is 0.257 e. The number of hydrogen-bond donors (Lipinski definition) is 0. The van der Waals surface area contributed by atoms with Gasteiger partial charge in [0.25, 0.3) is 5.91 Å². The third-order valence-electron chi connectivity index (χ3n) is 3.66. The number of benzene rings is 1. The molecule has 124 valence electrons. The van der Waals surface area contributed by atoms with Crippen molar-refractivity contribution in [2.75, 3.05) is 20.2 Å². The van der Waals surface area contributed by atoms with E-state index < -0.39 is 0 Å². The van der Waals surface area contributed by atoms with Crippen LogP contribution in [0.25, 0.3) is 5.69 Å². The van der Waals surface area contributed by atoms with Gasteiger partial charge in [-0.3, -0.25) is 4.79 Å². The van der Waals surface area contributed by atoms with E-state index in [0.717, 1.165) is 31.6 Å². The minimum atomic E-state index is -0.0356. The van der Waals surface area contributed by atoms with Gasteiger partial charge in [0.15, 0.2) is 0 Å². The summed E-state index contributed by atoms with van der Waals surface area (Å²) in [6.07, 6.45) is 5.65. The molecule has 0 aliphatic rings. The molecule has 23 heavy (non-hydrogen) atoms. The van der Waals surface area contributed by atoms with Crippen LogP contribution in [0.1, 0.15) is 37.0 Å². The van der Waals surface area contributed by atoms with E-state index in [4.69, 9.17) is 16.3 Å². The molecule has 0 spiro atoms. The lowest BCUT2D eigenvalue weighted by molar-refractivity contribution is 0.0752. The smallest absolute Gasteiger partial charge is 0.257 e. The topological polar surface area (TPSA) is 34.5 Å². The Balaban J connectivity index is 2.42. The average molecular weight is 335 g/mol. The lowest BCUT2D eigenvalue weighted by Crippen LogP contribution is -2.32. The molecule has 0 aliphatic heterocycles. The second kappa shape index (κ2) is 8.06. The van der Waals surface area contributed by atoms with Crippen LogP contribution in [0.2, 0.25) is 5.02 Å². The second-order valence-electron chi connectivity index (χ2n) is 5.39. The SMILES string of the molecule is CCCN(CCC)C(=O)c1cc(Cl)c(-n2cccc2)cc1OC. The lowest BCUT2D eigenvalue weighted by atomic mass is 10.1. The van der Waals surface area contributed by atoms with Crippen LogP contribution in [0.3, 0.4) is 0 Å². The highest BCUT2D eigenvalue weighted by atomic mass is 35.5. The summed E-state index contributed by atoms with van der Waals surface area (Å²) in [7, 11) is 1.57. The van der Waals surface area contributed by atoms with Crippen LogP contribution in [0, 0.1) is 0 Å². The Kier molecular flexibility index (Phi) is 6.11. The summed E-state index contributed by atoms with van der Waals surface area (Å²) in [6, 6.07) is 7.36. The molecule has 1 aromatic carbocycles. The fourth-order valence-electron chi connectivity index (χ4n) is 2.60. The Hall–Kier alpha value is -1.94. The Labute approximate surface area is 142 Å². The second-order valence-corrected chi connectivity index (χ2v) is 5.79. The van der Waals surface area contributed by atoms with Gasteiger partial charge in [-0.05, 0) is 31.0 Å². The van der Waals surface area contributed by atoms with Crippen molar-refractivity contribution in [2.45, 2.75) is 26.7 Å². The molecule has 2 rings (SSSR count). The van der Waals surface area contributed by atoms with Crippen molar-refractivity contribution < 1.29 is 9.53 Å². The van der Waals surface area contributed by atoms with Crippen LogP contribution < -0.4 is 4.74 Å². The number of rotatable bonds is 7. The first kappa shape index (κ1) is 17.4. The normalized spacial score (nSPS) is 10.6. The first-order chi connectivity index (χ1) is 11.1. The van der Waals surface area contributed by atoms with E-state index in [9.17, 15) is 4.79 Å². The number of halogens is 1. The average Bonchev–Trinajstić information content (AvgIpc) is 3.08. The minimum absolute atomic E-state index is 0.0356. The zero-order valence-corrected chi connectivity index (χ0v) is 14.6. The number of aromatic nitrogens is 1. The van der Waals surface area contributed by atoms with Crippen molar-refractivity contribution in [1.29, 1.82) is 0 Å². The molecule has 0 atom stereocenters. The van der Waals surface area contributed by atoms with Gasteiger partial charge < -0.3 is 14.2 Å². The Bertz CT molecular complexity index is 647. The molecule has 1 heterocycles. The number of hydrogen-bond acceptors (Lipinski definition) is 2. The molecule has 0 fully saturated rings. The van der Waals surface area contributed by atoms with Crippen molar-refractivity contribution in [1.82, 2.24) is 9.47 Å². The van der Waals surface area contributed by atoms with E-state index in [1.54, 1.807) is 13.2 Å². The summed E-state index contributed by atoms with van der Waals surface area (Å²) >= 11 is 6.41. The minimum Gasteiger partial charge on any atom is -0.496 e. The summed E-state index contributed by atoms with van der Waals surface area (Å²) in [4.78, 5) is 14.7. The summed E-state index contributed by atoms with van der Waals surface area (Å²) in [6.45, 7) is 5.59. The van der Waals surface area contributed by atoms with Gasteiger partial charge >= 0.3 is 0 Å². The van der Waals surface area contributed by atoms with Crippen LogP contribution in [-0.2, 0) is 0 Å². The predicted molar refractivity (Wildman–Crippen MR) is 93.8 cm³/mol. The molecule has 0 N–H and O–H groups in total. The molecule has 5 heteroatoms. The fraction of sp³-hybridized carbons (Fsp3) is 0.389. The highest BCUT2D eigenvalue weighted by Gasteiger charge is 2.21. The quantitative estimate of drug-likeness (QED) is 0.752. The van der Waals surface area contributed by atoms with Crippen molar-refractivity contribution in [3.8, 4) is 11.4 Å². The summed E-state index contributed by atoms with van der Waals surface area (Å²) < 4.78 is 7.34. The Morgan fingerprint density at radius 3 is 2.30 bits per heavy atom. The van der Waals surface area contributed by atoms with Gasteiger partial charge in [-0.15, -0.1) is 0 Å². The molecule has 0 unspecified atom stereocenters. The molecular formula is C18H23ClN2O2. The van der Waals surface area contributed by atoms with E-state index >= 15 is 0 Å². The first-order valence-electron chi connectivity index (χ1n) is 7.92. The van der Waals surface area contributed by atoms with Gasteiger partial charge in [0, 0.05) is 31.5 Å².